The van der Waals surface area contributed by atoms with Gasteiger partial charge < -0.3 is 10.3 Å². The van der Waals surface area contributed by atoms with Crippen LogP contribution in [0.4, 0.5) is 0 Å². The molecule has 0 saturated carbocycles. The minimum atomic E-state index is -0.350. The Labute approximate surface area is 131 Å². The molecule has 0 bridgehead atoms. The lowest BCUT2D eigenvalue weighted by Gasteiger charge is -2.19. The van der Waals surface area contributed by atoms with Gasteiger partial charge in [-0.15, -0.1) is 0 Å². The van der Waals surface area contributed by atoms with Crippen molar-refractivity contribution in [1.82, 2.24) is 4.57 Å². The predicted molar refractivity (Wildman–Crippen MR) is 90.3 cm³/mol. The van der Waals surface area contributed by atoms with Crippen LogP contribution in [-0.4, -0.2) is 4.57 Å². The zero-order chi connectivity index (χ0) is 15.9. The number of benzene rings is 1. The van der Waals surface area contributed by atoms with Crippen molar-refractivity contribution in [2.45, 2.75) is 52.6 Å². The average molecular weight is 296 g/mol. The summed E-state index contributed by atoms with van der Waals surface area (Å²) >= 11 is 0. The topological polar surface area (TPSA) is 48.0 Å². The van der Waals surface area contributed by atoms with Crippen molar-refractivity contribution in [3.05, 3.63) is 68.1 Å². The van der Waals surface area contributed by atoms with Crippen LogP contribution in [0, 0.1) is 13.8 Å². The van der Waals surface area contributed by atoms with Crippen molar-refractivity contribution in [1.29, 1.82) is 0 Å². The molecule has 3 rings (SSSR count). The van der Waals surface area contributed by atoms with Crippen LogP contribution in [0.3, 0.4) is 0 Å². The standard InChI is InChI=1S/C19H24N2O/c1-4-21-17-7-5-6-14(17)11-16(19(21)22)18(20)15-9-8-12(2)10-13(15)3/h8-11,18H,4-7,20H2,1-3H3. The van der Waals surface area contributed by atoms with Gasteiger partial charge in [0.25, 0.3) is 5.56 Å². The predicted octanol–water partition coefficient (Wildman–Crippen LogP) is 3.02. The van der Waals surface area contributed by atoms with E-state index in [0.29, 0.717) is 6.54 Å². The molecular formula is C19H24N2O. The molecule has 0 fully saturated rings. The highest BCUT2D eigenvalue weighted by Gasteiger charge is 2.22. The Hall–Kier alpha value is -1.87. The van der Waals surface area contributed by atoms with E-state index in [4.69, 9.17) is 5.73 Å². The van der Waals surface area contributed by atoms with E-state index < -0.39 is 0 Å². The number of pyridine rings is 1. The molecule has 0 amide bonds. The van der Waals surface area contributed by atoms with Crippen molar-refractivity contribution in [3.63, 3.8) is 0 Å². The molecule has 2 N–H and O–H groups in total. The molecule has 1 aliphatic carbocycles. The van der Waals surface area contributed by atoms with Crippen LogP contribution in [0.1, 0.15) is 52.9 Å². The highest BCUT2D eigenvalue weighted by Crippen LogP contribution is 2.26. The molecule has 2 aromatic rings. The highest BCUT2D eigenvalue weighted by molar-refractivity contribution is 5.40. The van der Waals surface area contributed by atoms with Gasteiger partial charge in [-0.05, 0) is 62.8 Å². The maximum Gasteiger partial charge on any atom is 0.255 e. The Bertz CT molecular complexity index is 774. The quantitative estimate of drug-likeness (QED) is 0.946. The smallest absolute Gasteiger partial charge is 0.255 e. The lowest BCUT2D eigenvalue weighted by atomic mass is 9.94. The summed E-state index contributed by atoms with van der Waals surface area (Å²) in [6, 6.07) is 7.95. The zero-order valence-electron chi connectivity index (χ0n) is 13.6. The second-order valence-electron chi connectivity index (χ2n) is 6.31. The molecule has 3 nitrogen and oxygen atoms in total. The average Bonchev–Trinajstić information content (AvgIpc) is 2.94. The number of aryl methyl sites for hydroxylation is 3. The summed E-state index contributed by atoms with van der Waals surface area (Å²) in [4.78, 5) is 12.8. The molecule has 1 aliphatic rings. The van der Waals surface area contributed by atoms with Crippen LogP contribution in [0.15, 0.2) is 29.1 Å². The third-order valence-corrected chi connectivity index (χ3v) is 4.79. The van der Waals surface area contributed by atoms with Gasteiger partial charge in [-0.1, -0.05) is 23.8 Å². The second-order valence-corrected chi connectivity index (χ2v) is 6.31. The van der Waals surface area contributed by atoms with Crippen LogP contribution >= 0.6 is 0 Å². The van der Waals surface area contributed by atoms with E-state index in [1.54, 1.807) is 0 Å². The summed E-state index contributed by atoms with van der Waals surface area (Å²) in [5.41, 5.74) is 13.2. The van der Waals surface area contributed by atoms with Gasteiger partial charge in [-0.3, -0.25) is 4.79 Å². The normalized spacial score (nSPS) is 14.9. The fourth-order valence-electron chi connectivity index (χ4n) is 3.64. The SMILES string of the molecule is CCn1c2c(cc(C(N)c3ccc(C)cc3C)c1=O)CCC2. The lowest BCUT2D eigenvalue weighted by molar-refractivity contribution is 0.663. The first-order chi connectivity index (χ1) is 10.5. The number of aromatic nitrogens is 1. The van der Waals surface area contributed by atoms with Gasteiger partial charge in [0.15, 0.2) is 0 Å². The maximum atomic E-state index is 12.8. The minimum Gasteiger partial charge on any atom is -0.320 e. The summed E-state index contributed by atoms with van der Waals surface area (Å²) in [5, 5.41) is 0. The first-order valence-electron chi connectivity index (χ1n) is 8.11. The van der Waals surface area contributed by atoms with E-state index in [1.807, 2.05) is 11.5 Å². The minimum absolute atomic E-state index is 0.0793. The molecule has 0 aliphatic heterocycles. The molecule has 0 spiro atoms. The first kappa shape index (κ1) is 15.0. The van der Waals surface area contributed by atoms with Crippen molar-refractivity contribution in [2.75, 3.05) is 0 Å². The second kappa shape index (κ2) is 5.73. The van der Waals surface area contributed by atoms with E-state index in [-0.39, 0.29) is 11.6 Å². The summed E-state index contributed by atoms with van der Waals surface area (Å²) in [6.45, 7) is 6.89. The van der Waals surface area contributed by atoms with Crippen molar-refractivity contribution in [2.24, 2.45) is 5.73 Å². The molecule has 0 saturated heterocycles. The molecule has 0 radical (unpaired) electrons. The first-order valence-corrected chi connectivity index (χ1v) is 8.11. The lowest BCUT2D eigenvalue weighted by Crippen LogP contribution is -2.31. The van der Waals surface area contributed by atoms with E-state index >= 15 is 0 Å². The number of nitrogens with zero attached hydrogens (tertiary/aromatic N) is 1. The van der Waals surface area contributed by atoms with Crippen molar-refractivity contribution < 1.29 is 0 Å². The van der Waals surface area contributed by atoms with Crippen molar-refractivity contribution in [3.8, 4) is 0 Å². The van der Waals surface area contributed by atoms with Crippen LogP contribution in [0.25, 0.3) is 0 Å². The maximum absolute atomic E-state index is 12.8. The number of hydrogen-bond acceptors (Lipinski definition) is 2. The Balaban J connectivity index is 2.14. The molecule has 3 heteroatoms. The van der Waals surface area contributed by atoms with E-state index in [9.17, 15) is 4.79 Å². The van der Waals surface area contributed by atoms with Crippen LogP contribution in [0.2, 0.25) is 0 Å². The number of fused-ring (bicyclic) bond motifs is 1. The number of hydrogen-bond donors (Lipinski definition) is 1. The van der Waals surface area contributed by atoms with Crippen LogP contribution in [-0.2, 0) is 19.4 Å². The van der Waals surface area contributed by atoms with E-state index in [2.05, 4.69) is 38.1 Å². The van der Waals surface area contributed by atoms with Crippen LogP contribution < -0.4 is 11.3 Å². The molecule has 22 heavy (non-hydrogen) atoms. The van der Waals surface area contributed by atoms with E-state index in [0.717, 1.165) is 36.0 Å². The molecule has 1 aromatic heterocycles. The fraction of sp³-hybridized carbons (Fsp3) is 0.421. The molecule has 1 unspecified atom stereocenters. The van der Waals surface area contributed by atoms with Gasteiger partial charge in [-0.25, -0.2) is 0 Å². The summed E-state index contributed by atoms with van der Waals surface area (Å²) in [5.74, 6) is 0. The molecule has 1 atom stereocenters. The zero-order valence-corrected chi connectivity index (χ0v) is 13.6. The summed E-state index contributed by atoms with van der Waals surface area (Å²) < 4.78 is 1.92. The molecular weight excluding hydrogens is 272 g/mol. The van der Waals surface area contributed by atoms with Gasteiger partial charge >= 0.3 is 0 Å². The Kier molecular flexibility index (Phi) is 3.92. The number of nitrogens with two attached hydrogens (primary N) is 1. The molecule has 1 aromatic carbocycles. The van der Waals surface area contributed by atoms with Gasteiger partial charge in [0.05, 0.1) is 6.04 Å². The molecule has 116 valence electrons. The third-order valence-electron chi connectivity index (χ3n) is 4.79. The summed E-state index contributed by atoms with van der Waals surface area (Å²) in [6.07, 6.45) is 3.21. The largest absolute Gasteiger partial charge is 0.320 e. The summed E-state index contributed by atoms with van der Waals surface area (Å²) in [7, 11) is 0. The number of rotatable bonds is 3. The third kappa shape index (κ3) is 2.40. The van der Waals surface area contributed by atoms with Crippen LogP contribution in [0.5, 0.6) is 0 Å². The van der Waals surface area contributed by atoms with E-state index in [1.165, 1.54) is 16.8 Å². The Morgan fingerprint density at radius 1 is 1.18 bits per heavy atom. The van der Waals surface area contributed by atoms with Gasteiger partial charge in [0.2, 0.25) is 0 Å². The van der Waals surface area contributed by atoms with Crippen molar-refractivity contribution >= 4 is 0 Å². The van der Waals surface area contributed by atoms with Gasteiger partial charge in [-0.2, -0.15) is 0 Å². The van der Waals surface area contributed by atoms with Gasteiger partial charge in [0.1, 0.15) is 0 Å². The highest BCUT2D eigenvalue weighted by atomic mass is 16.1. The fourth-order valence-corrected chi connectivity index (χ4v) is 3.64. The molecule has 1 heterocycles. The monoisotopic (exact) mass is 296 g/mol. The Morgan fingerprint density at radius 3 is 2.64 bits per heavy atom. The van der Waals surface area contributed by atoms with Gasteiger partial charge in [0, 0.05) is 17.8 Å². The Morgan fingerprint density at radius 2 is 1.95 bits per heavy atom.